The Bertz CT molecular complexity index is 513. The van der Waals surface area contributed by atoms with Gasteiger partial charge >= 0.3 is 5.97 Å². The Kier molecular flexibility index (Phi) is 4.74. The van der Waals surface area contributed by atoms with Crippen molar-refractivity contribution in [2.75, 3.05) is 6.54 Å². The van der Waals surface area contributed by atoms with Crippen molar-refractivity contribution in [1.29, 1.82) is 0 Å². The van der Waals surface area contributed by atoms with E-state index in [0.717, 1.165) is 18.4 Å². The van der Waals surface area contributed by atoms with Crippen LogP contribution in [-0.2, 0) is 28.9 Å². The van der Waals surface area contributed by atoms with E-state index in [2.05, 4.69) is 17.4 Å². The van der Waals surface area contributed by atoms with Gasteiger partial charge in [0.25, 0.3) is 0 Å². The summed E-state index contributed by atoms with van der Waals surface area (Å²) in [6, 6.07) is 6.13. The molecule has 0 heterocycles. The molecule has 1 aliphatic rings. The van der Waals surface area contributed by atoms with Crippen LogP contribution < -0.4 is 5.32 Å². The number of rotatable bonds is 6. The van der Waals surface area contributed by atoms with E-state index >= 15 is 0 Å². The van der Waals surface area contributed by atoms with Crippen molar-refractivity contribution in [3.8, 4) is 0 Å². The number of hydrogen-bond donors (Lipinski definition) is 3. The van der Waals surface area contributed by atoms with E-state index in [1.54, 1.807) is 0 Å². The Morgan fingerprint density at radius 3 is 2.75 bits per heavy atom. The SMILES string of the molecule is O=C(Cc1ccc2c(c1)CCC2)NCCC(O)C(=O)O. The largest absolute Gasteiger partial charge is 0.479 e. The molecule has 1 aromatic carbocycles. The molecule has 0 spiro atoms. The summed E-state index contributed by atoms with van der Waals surface area (Å²) in [5.74, 6) is -1.42. The lowest BCUT2D eigenvalue weighted by Crippen LogP contribution is -2.30. The molecule has 1 unspecified atom stereocenters. The summed E-state index contributed by atoms with van der Waals surface area (Å²) in [4.78, 5) is 22.1. The molecule has 0 radical (unpaired) electrons. The first-order chi connectivity index (χ1) is 9.56. The van der Waals surface area contributed by atoms with Gasteiger partial charge < -0.3 is 15.5 Å². The Morgan fingerprint density at radius 2 is 2.00 bits per heavy atom. The van der Waals surface area contributed by atoms with E-state index in [4.69, 9.17) is 10.2 Å². The molecule has 5 nitrogen and oxygen atoms in total. The van der Waals surface area contributed by atoms with Crippen LogP contribution in [0.25, 0.3) is 0 Å². The number of hydrogen-bond acceptors (Lipinski definition) is 3. The van der Waals surface area contributed by atoms with E-state index in [1.165, 1.54) is 17.5 Å². The number of aliphatic hydroxyl groups excluding tert-OH is 1. The highest BCUT2D eigenvalue weighted by molar-refractivity contribution is 5.78. The lowest BCUT2D eigenvalue weighted by atomic mass is 10.0. The van der Waals surface area contributed by atoms with E-state index in [0.29, 0.717) is 0 Å². The lowest BCUT2D eigenvalue weighted by Gasteiger charge is -2.08. The number of amides is 1. The van der Waals surface area contributed by atoms with Crippen molar-refractivity contribution in [3.63, 3.8) is 0 Å². The molecule has 0 aromatic heterocycles. The number of carboxylic acids is 1. The molecule has 108 valence electrons. The summed E-state index contributed by atoms with van der Waals surface area (Å²) < 4.78 is 0. The van der Waals surface area contributed by atoms with Crippen LogP contribution in [0.4, 0.5) is 0 Å². The van der Waals surface area contributed by atoms with E-state index < -0.39 is 12.1 Å². The predicted molar refractivity (Wildman–Crippen MR) is 73.4 cm³/mol. The molecule has 2 rings (SSSR count). The van der Waals surface area contributed by atoms with Gasteiger partial charge in [0.1, 0.15) is 0 Å². The number of fused-ring (bicyclic) bond motifs is 1. The molecule has 1 aromatic rings. The van der Waals surface area contributed by atoms with Gasteiger partial charge in [-0.1, -0.05) is 18.2 Å². The molecule has 0 bridgehead atoms. The summed E-state index contributed by atoms with van der Waals surface area (Å²) >= 11 is 0. The first-order valence-corrected chi connectivity index (χ1v) is 6.84. The Labute approximate surface area is 117 Å². The summed E-state index contributed by atoms with van der Waals surface area (Å²) in [5, 5.41) is 20.2. The highest BCUT2D eigenvalue weighted by atomic mass is 16.4. The molecule has 5 heteroatoms. The predicted octanol–water partition coefficient (Wildman–Crippen LogP) is 0.670. The fourth-order valence-electron chi connectivity index (χ4n) is 2.45. The van der Waals surface area contributed by atoms with Crippen LogP contribution in [0.3, 0.4) is 0 Å². The van der Waals surface area contributed by atoms with E-state index in [1.807, 2.05) is 6.07 Å². The van der Waals surface area contributed by atoms with Gasteiger partial charge in [-0.25, -0.2) is 4.79 Å². The van der Waals surface area contributed by atoms with Crippen molar-refractivity contribution >= 4 is 11.9 Å². The number of nitrogens with one attached hydrogen (secondary N) is 1. The van der Waals surface area contributed by atoms with Crippen molar-refractivity contribution in [1.82, 2.24) is 5.32 Å². The Hall–Kier alpha value is -1.88. The molecule has 20 heavy (non-hydrogen) atoms. The van der Waals surface area contributed by atoms with Gasteiger partial charge in [-0.05, 0) is 36.0 Å². The standard InChI is InChI=1S/C15H19NO4/c17-13(15(19)20)6-7-16-14(18)9-10-4-5-11-2-1-3-12(11)8-10/h4-5,8,13,17H,1-3,6-7,9H2,(H,16,18)(H,19,20). The number of carbonyl (C=O) groups excluding carboxylic acids is 1. The van der Waals surface area contributed by atoms with Crippen LogP contribution in [0.1, 0.15) is 29.5 Å². The second-order valence-corrected chi connectivity index (χ2v) is 5.13. The molecule has 0 aliphatic heterocycles. The molecule has 0 fully saturated rings. The topological polar surface area (TPSA) is 86.6 Å². The van der Waals surface area contributed by atoms with Gasteiger partial charge in [0.15, 0.2) is 6.10 Å². The van der Waals surface area contributed by atoms with E-state index in [-0.39, 0.29) is 25.3 Å². The summed E-state index contributed by atoms with van der Waals surface area (Å²) in [6.07, 6.45) is 2.26. The first-order valence-electron chi connectivity index (χ1n) is 6.84. The van der Waals surface area contributed by atoms with Crippen LogP contribution in [0.15, 0.2) is 18.2 Å². The zero-order chi connectivity index (χ0) is 14.5. The van der Waals surface area contributed by atoms with Gasteiger partial charge in [-0.15, -0.1) is 0 Å². The van der Waals surface area contributed by atoms with E-state index in [9.17, 15) is 9.59 Å². The molecule has 0 saturated carbocycles. The Morgan fingerprint density at radius 1 is 1.25 bits per heavy atom. The number of aliphatic hydroxyl groups is 1. The summed E-state index contributed by atoms with van der Waals surface area (Å²) in [6.45, 7) is 0.164. The molecule has 1 amide bonds. The first kappa shape index (κ1) is 14.5. The second kappa shape index (κ2) is 6.52. The maximum atomic E-state index is 11.7. The zero-order valence-electron chi connectivity index (χ0n) is 11.3. The van der Waals surface area contributed by atoms with Gasteiger partial charge in [-0.3, -0.25) is 4.79 Å². The minimum Gasteiger partial charge on any atom is -0.479 e. The number of carbonyl (C=O) groups is 2. The van der Waals surface area contributed by atoms with Gasteiger partial charge in [-0.2, -0.15) is 0 Å². The molecule has 3 N–H and O–H groups in total. The van der Waals surface area contributed by atoms with Crippen molar-refractivity contribution < 1.29 is 19.8 Å². The molecule has 0 saturated heterocycles. The number of carboxylic acid groups (broad SMARTS) is 1. The third-order valence-electron chi connectivity index (χ3n) is 3.55. The van der Waals surface area contributed by atoms with Crippen molar-refractivity contribution in [2.24, 2.45) is 0 Å². The highest BCUT2D eigenvalue weighted by Gasteiger charge is 2.14. The maximum absolute atomic E-state index is 11.7. The average Bonchev–Trinajstić information content (AvgIpc) is 2.85. The maximum Gasteiger partial charge on any atom is 0.332 e. The molecule has 1 aliphatic carbocycles. The fraction of sp³-hybridized carbons (Fsp3) is 0.467. The number of benzene rings is 1. The number of aliphatic carboxylic acids is 1. The summed E-state index contributed by atoms with van der Waals surface area (Å²) in [5.41, 5.74) is 3.68. The fourth-order valence-corrected chi connectivity index (χ4v) is 2.45. The third-order valence-corrected chi connectivity index (χ3v) is 3.55. The molecular formula is C15H19NO4. The number of aryl methyl sites for hydroxylation is 2. The van der Waals surface area contributed by atoms with Gasteiger partial charge in [0.2, 0.25) is 5.91 Å². The van der Waals surface area contributed by atoms with Crippen LogP contribution in [0, 0.1) is 0 Å². The quantitative estimate of drug-likeness (QED) is 0.713. The normalized spacial score (nSPS) is 14.7. The highest BCUT2D eigenvalue weighted by Crippen LogP contribution is 2.22. The van der Waals surface area contributed by atoms with Crippen LogP contribution in [0.5, 0.6) is 0 Å². The second-order valence-electron chi connectivity index (χ2n) is 5.13. The monoisotopic (exact) mass is 277 g/mol. The summed E-state index contributed by atoms with van der Waals surface area (Å²) in [7, 11) is 0. The van der Waals surface area contributed by atoms with Crippen LogP contribution in [0.2, 0.25) is 0 Å². The minimum atomic E-state index is -1.42. The third kappa shape index (κ3) is 3.81. The Balaban J connectivity index is 1.78. The van der Waals surface area contributed by atoms with Gasteiger partial charge in [0, 0.05) is 13.0 Å². The van der Waals surface area contributed by atoms with Crippen LogP contribution >= 0.6 is 0 Å². The minimum absolute atomic E-state index is 0.0191. The van der Waals surface area contributed by atoms with Gasteiger partial charge in [0.05, 0.1) is 6.42 Å². The smallest absolute Gasteiger partial charge is 0.332 e. The van der Waals surface area contributed by atoms with Crippen LogP contribution in [-0.4, -0.2) is 34.7 Å². The molecular weight excluding hydrogens is 258 g/mol. The zero-order valence-corrected chi connectivity index (χ0v) is 11.3. The molecule has 1 atom stereocenters. The average molecular weight is 277 g/mol. The van der Waals surface area contributed by atoms with Crippen molar-refractivity contribution in [2.45, 2.75) is 38.2 Å². The van der Waals surface area contributed by atoms with Crippen molar-refractivity contribution in [3.05, 3.63) is 34.9 Å². The lowest BCUT2D eigenvalue weighted by molar-refractivity contribution is -0.147.